The zero-order valence-corrected chi connectivity index (χ0v) is 15.7. The molecule has 4 aliphatic rings. The van der Waals surface area contributed by atoms with Crippen molar-refractivity contribution in [2.75, 3.05) is 0 Å². The fourth-order valence-electron chi connectivity index (χ4n) is 5.39. The molecule has 0 N–H and O–H groups in total. The monoisotopic (exact) mass is 361 g/mol. The number of hydrogen-bond donors (Lipinski definition) is 0. The Morgan fingerprint density at radius 3 is 2.19 bits per heavy atom. The quantitative estimate of drug-likeness (QED) is 0.567. The van der Waals surface area contributed by atoms with Crippen LogP contribution in [0, 0.1) is 29.6 Å². The molecule has 26 heavy (non-hydrogen) atoms. The highest BCUT2D eigenvalue weighted by atomic mass is 16.8. The van der Waals surface area contributed by atoms with Crippen LogP contribution in [0.25, 0.3) is 0 Å². The van der Waals surface area contributed by atoms with Crippen molar-refractivity contribution in [2.45, 2.75) is 65.4 Å². The molecule has 0 spiro atoms. The first-order valence-corrected chi connectivity index (χ1v) is 9.88. The largest absolute Gasteiger partial charge is 0.534 e. The molecule has 4 rings (SSSR count). The van der Waals surface area contributed by atoms with Gasteiger partial charge in [-0.25, -0.2) is 4.79 Å². The second kappa shape index (κ2) is 6.39. The summed E-state index contributed by atoms with van der Waals surface area (Å²) in [5, 5.41) is 0.633. The van der Waals surface area contributed by atoms with Crippen LogP contribution < -0.4 is 0 Å². The van der Waals surface area contributed by atoms with Gasteiger partial charge in [-0.3, -0.25) is 14.4 Å². The predicted octanol–water partition coefficient (Wildman–Crippen LogP) is 3.61. The minimum atomic E-state index is -0.940. The molecule has 1 aliphatic heterocycles. The minimum Gasteiger partial charge on any atom is -0.429 e. The molecular formula is C20H27NO5. The molecule has 6 heteroatoms. The second-order valence-electron chi connectivity index (χ2n) is 8.76. The van der Waals surface area contributed by atoms with Crippen molar-refractivity contribution in [3.63, 3.8) is 0 Å². The van der Waals surface area contributed by atoms with Crippen LogP contribution in [-0.2, 0) is 19.2 Å². The van der Waals surface area contributed by atoms with Gasteiger partial charge in [-0.05, 0) is 61.7 Å². The molecule has 0 aromatic rings. The smallest absolute Gasteiger partial charge is 0.429 e. The van der Waals surface area contributed by atoms with Gasteiger partial charge in [0, 0.05) is 11.1 Å². The molecule has 1 heterocycles. The lowest BCUT2D eigenvalue weighted by Gasteiger charge is -2.36. The zero-order valence-electron chi connectivity index (χ0n) is 15.7. The second-order valence-corrected chi connectivity index (χ2v) is 8.76. The van der Waals surface area contributed by atoms with E-state index in [4.69, 9.17) is 9.57 Å². The number of ether oxygens (including phenoxy) is 1. The summed E-state index contributed by atoms with van der Waals surface area (Å²) < 4.78 is 5.56. The average Bonchev–Trinajstić information content (AvgIpc) is 3.24. The van der Waals surface area contributed by atoms with Crippen molar-refractivity contribution in [1.29, 1.82) is 0 Å². The first-order chi connectivity index (χ1) is 12.4. The van der Waals surface area contributed by atoms with Gasteiger partial charge in [-0.2, -0.15) is 0 Å². The van der Waals surface area contributed by atoms with Gasteiger partial charge in [0.05, 0.1) is 0 Å². The number of nitrogens with zero attached hydrogens (tertiary/aromatic N) is 1. The van der Waals surface area contributed by atoms with E-state index >= 15 is 0 Å². The average molecular weight is 361 g/mol. The summed E-state index contributed by atoms with van der Waals surface area (Å²) in [6.45, 7) is 6.40. The molecule has 2 fully saturated rings. The maximum atomic E-state index is 12.6. The summed E-state index contributed by atoms with van der Waals surface area (Å²) in [7, 11) is 0. The van der Waals surface area contributed by atoms with Crippen LogP contribution in [0.15, 0.2) is 11.1 Å². The number of carbonyl (C=O) groups is 3. The van der Waals surface area contributed by atoms with Crippen molar-refractivity contribution in [1.82, 2.24) is 5.06 Å². The molecular weight excluding hydrogens is 334 g/mol. The highest BCUT2D eigenvalue weighted by Gasteiger charge is 2.54. The van der Waals surface area contributed by atoms with Gasteiger partial charge in [-0.1, -0.05) is 32.3 Å². The van der Waals surface area contributed by atoms with Crippen LogP contribution >= 0.6 is 0 Å². The molecule has 6 nitrogen and oxygen atoms in total. The molecule has 3 aliphatic carbocycles. The Hall–Kier alpha value is -1.85. The Bertz CT molecular complexity index is 650. The lowest BCUT2D eigenvalue weighted by atomic mass is 9.75. The van der Waals surface area contributed by atoms with Crippen LogP contribution in [-0.4, -0.2) is 29.1 Å². The topological polar surface area (TPSA) is 72.9 Å². The molecule has 2 saturated carbocycles. The van der Waals surface area contributed by atoms with Crippen molar-refractivity contribution in [2.24, 2.45) is 29.6 Å². The van der Waals surface area contributed by atoms with Crippen molar-refractivity contribution < 1.29 is 24.0 Å². The van der Waals surface area contributed by atoms with Crippen molar-refractivity contribution in [3.05, 3.63) is 11.1 Å². The fourth-order valence-corrected chi connectivity index (χ4v) is 5.39. The van der Waals surface area contributed by atoms with Gasteiger partial charge in [0.1, 0.15) is 6.10 Å². The number of carbonyl (C=O) groups excluding carboxylic acids is 3. The number of rotatable bonds is 3. The summed E-state index contributed by atoms with van der Waals surface area (Å²) in [5.74, 6) is 0.539. The number of imide groups is 1. The fraction of sp³-hybridized carbons (Fsp3) is 0.750. The molecule has 2 bridgehead atoms. The molecule has 0 aromatic carbocycles. The van der Waals surface area contributed by atoms with Gasteiger partial charge < -0.3 is 4.74 Å². The third-order valence-corrected chi connectivity index (χ3v) is 6.74. The van der Waals surface area contributed by atoms with E-state index in [1.54, 1.807) is 0 Å². The van der Waals surface area contributed by atoms with Gasteiger partial charge in [0.2, 0.25) is 0 Å². The van der Waals surface area contributed by atoms with E-state index < -0.39 is 18.0 Å². The molecule has 142 valence electrons. The van der Waals surface area contributed by atoms with Gasteiger partial charge in [0.25, 0.3) is 11.8 Å². The summed E-state index contributed by atoms with van der Waals surface area (Å²) in [6.07, 6.45) is 4.53. The predicted molar refractivity (Wildman–Crippen MR) is 92.4 cm³/mol. The Kier molecular flexibility index (Phi) is 4.32. The Morgan fingerprint density at radius 1 is 1.00 bits per heavy atom. The van der Waals surface area contributed by atoms with Crippen LogP contribution in [0.5, 0.6) is 0 Å². The highest BCUT2D eigenvalue weighted by molar-refractivity contribution is 6.20. The lowest BCUT2D eigenvalue weighted by Crippen LogP contribution is -2.40. The number of hydrogen-bond acceptors (Lipinski definition) is 5. The van der Waals surface area contributed by atoms with Crippen LogP contribution in [0.3, 0.4) is 0 Å². The maximum Gasteiger partial charge on any atom is 0.534 e. The summed E-state index contributed by atoms with van der Waals surface area (Å²) in [4.78, 5) is 42.5. The summed E-state index contributed by atoms with van der Waals surface area (Å²) in [6, 6.07) is 0. The standard InChI is InChI=1S/C20H27NO5/c1-10(2)14-7-4-11(3)8-15(14)25-20(24)26-21-18(22)16-12-5-6-13(9-12)17(16)19(21)23/h10-15H,4-9H2,1-3H3/t11?,12?,13?,14?,15-/m0/s1. The Balaban J connectivity index is 1.41. The SMILES string of the molecule is CC1CCC(C(C)C)[C@@H](OC(=O)ON2C(=O)C3=C(C2=O)C2CCC3C2)C1. The number of amides is 2. The first kappa shape index (κ1) is 17.6. The van der Waals surface area contributed by atoms with Crippen molar-refractivity contribution in [3.8, 4) is 0 Å². The Labute approximate surface area is 153 Å². The van der Waals surface area contributed by atoms with E-state index in [2.05, 4.69) is 20.8 Å². The van der Waals surface area contributed by atoms with Gasteiger partial charge >= 0.3 is 6.16 Å². The lowest BCUT2D eigenvalue weighted by molar-refractivity contribution is -0.180. The molecule has 5 atom stereocenters. The molecule has 2 amide bonds. The molecule has 0 radical (unpaired) electrons. The maximum absolute atomic E-state index is 12.6. The van der Waals surface area contributed by atoms with Crippen molar-refractivity contribution >= 4 is 18.0 Å². The van der Waals surface area contributed by atoms with E-state index in [9.17, 15) is 14.4 Å². The van der Waals surface area contributed by atoms with E-state index in [0.717, 1.165) is 38.5 Å². The summed E-state index contributed by atoms with van der Waals surface area (Å²) >= 11 is 0. The third-order valence-electron chi connectivity index (χ3n) is 6.74. The van der Waals surface area contributed by atoms with E-state index in [-0.39, 0.29) is 23.9 Å². The van der Waals surface area contributed by atoms with Crippen LogP contribution in [0.1, 0.15) is 59.3 Å². The van der Waals surface area contributed by atoms with E-state index in [1.165, 1.54) is 0 Å². The zero-order chi connectivity index (χ0) is 18.6. The van der Waals surface area contributed by atoms with Gasteiger partial charge in [-0.15, -0.1) is 0 Å². The van der Waals surface area contributed by atoms with Crippen LogP contribution in [0.2, 0.25) is 0 Å². The molecule has 0 saturated heterocycles. The number of hydroxylamine groups is 2. The molecule has 0 aromatic heterocycles. The number of fused-ring (bicyclic) bond motifs is 4. The van der Waals surface area contributed by atoms with E-state index in [1.807, 2.05) is 0 Å². The highest BCUT2D eigenvalue weighted by Crippen LogP contribution is 2.52. The molecule has 4 unspecified atom stereocenters. The van der Waals surface area contributed by atoms with E-state index in [0.29, 0.717) is 28.0 Å². The first-order valence-electron chi connectivity index (χ1n) is 9.88. The van der Waals surface area contributed by atoms with Crippen LogP contribution in [0.4, 0.5) is 4.79 Å². The Morgan fingerprint density at radius 2 is 1.62 bits per heavy atom. The van der Waals surface area contributed by atoms with Gasteiger partial charge in [0.15, 0.2) is 0 Å². The third kappa shape index (κ3) is 2.74. The minimum absolute atomic E-state index is 0.153. The summed E-state index contributed by atoms with van der Waals surface area (Å²) in [5.41, 5.74) is 1.15. The normalized spacial score (nSPS) is 36.2.